The van der Waals surface area contributed by atoms with Gasteiger partial charge in [0.2, 0.25) is 0 Å². The summed E-state index contributed by atoms with van der Waals surface area (Å²) in [6.07, 6.45) is 8.06. The lowest BCUT2D eigenvalue weighted by atomic mass is 9.89. The first-order valence-corrected chi connectivity index (χ1v) is 17.8. The van der Waals surface area contributed by atoms with E-state index in [-0.39, 0.29) is 0 Å². The maximum atomic E-state index is 6.43. The predicted octanol–water partition coefficient (Wildman–Crippen LogP) is 14.2. The van der Waals surface area contributed by atoms with E-state index in [1.165, 1.54) is 54.6 Å². The van der Waals surface area contributed by atoms with Gasteiger partial charge < -0.3 is 9.32 Å². The number of fused-ring (bicyclic) bond motifs is 8. The fourth-order valence-electron chi connectivity index (χ4n) is 8.04. The summed E-state index contributed by atoms with van der Waals surface area (Å²) in [5.74, 6) is 0.553. The molecule has 0 aliphatic heterocycles. The Bertz CT molecular complexity index is 2860. The third-order valence-corrected chi connectivity index (χ3v) is 10.6. The predicted molar refractivity (Wildman–Crippen MR) is 217 cm³/mol. The summed E-state index contributed by atoms with van der Waals surface area (Å²) >= 11 is 0. The lowest BCUT2D eigenvalue weighted by Gasteiger charge is -2.28. The molecule has 0 radical (unpaired) electrons. The number of para-hydroxylation sites is 1. The quantitative estimate of drug-likeness (QED) is 0.172. The van der Waals surface area contributed by atoms with E-state index in [2.05, 4.69) is 182 Å². The molecule has 0 N–H and O–H groups in total. The van der Waals surface area contributed by atoms with Gasteiger partial charge >= 0.3 is 0 Å². The van der Waals surface area contributed by atoms with Crippen molar-refractivity contribution >= 4 is 76.9 Å². The monoisotopic (exact) mass is 653 g/mol. The Kier molecular flexibility index (Phi) is 6.89. The van der Waals surface area contributed by atoms with Gasteiger partial charge in [0.15, 0.2) is 0 Å². The zero-order valence-corrected chi connectivity index (χ0v) is 28.4. The molecule has 0 saturated heterocycles. The van der Waals surface area contributed by atoms with E-state index in [9.17, 15) is 0 Å². The van der Waals surface area contributed by atoms with Crippen molar-refractivity contribution in [3.05, 3.63) is 182 Å². The average Bonchev–Trinajstić information content (AvgIpc) is 3.58. The van der Waals surface area contributed by atoms with Crippen LogP contribution in [0, 0.1) is 5.92 Å². The van der Waals surface area contributed by atoms with Gasteiger partial charge in [-0.1, -0.05) is 140 Å². The number of hydrogen-bond acceptors (Lipinski definition) is 2. The first-order valence-electron chi connectivity index (χ1n) is 17.8. The Morgan fingerprint density at radius 2 is 1.24 bits per heavy atom. The molecular formula is C49H35NO. The number of anilines is 3. The van der Waals surface area contributed by atoms with Crippen molar-refractivity contribution in [1.29, 1.82) is 0 Å². The summed E-state index contributed by atoms with van der Waals surface area (Å²) in [5.41, 5.74) is 9.98. The summed E-state index contributed by atoms with van der Waals surface area (Å²) in [6.45, 7) is 2.28. The Balaban J connectivity index is 1.24. The second-order valence-electron chi connectivity index (χ2n) is 13.8. The van der Waals surface area contributed by atoms with Crippen molar-refractivity contribution in [1.82, 2.24) is 0 Å². The zero-order valence-electron chi connectivity index (χ0n) is 28.4. The molecule has 1 unspecified atom stereocenters. The van der Waals surface area contributed by atoms with Crippen LogP contribution in [0.5, 0.6) is 0 Å². The van der Waals surface area contributed by atoms with Gasteiger partial charge in [0, 0.05) is 16.8 Å². The van der Waals surface area contributed by atoms with E-state index >= 15 is 0 Å². The van der Waals surface area contributed by atoms with Gasteiger partial charge in [-0.05, 0) is 109 Å². The standard InChI is InChI=1S/C49H35NO/c1-32-18-20-35(21-19-32)40-28-26-39(31-44(40)33-10-3-2-4-11-33)50(45-15-9-17-47-49(45)43-14-7-8-16-46(43)51-47)38-27-29-42-37(30-38)25-24-36-23-22-34-12-5-6-13-41(34)48(36)42/h2-18,20-32H,19H2,1H3. The minimum absolute atomic E-state index is 0.553. The molecule has 242 valence electrons. The fraction of sp³-hybridized carbons (Fsp3) is 0.0612. The largest absolute Gasteiger partial charge is 0.456 e. The van der Waals surface area contributed by atoms with Crippen LogP contribution in [0.2, 0.25) is 0 Å². The van der Waals surface area contributed by atoms with E-state index in [1.807, 2.05) is 6.07 Å². The van der Waals surface area contributed by atoms with Crippen LogP contribution in [0.15, 0.2) is 180 Å². The highest BCUT2D eigenvalue weighted by Crippen LogP contribution is 2.46. The van der Waals surface area contributed by atoms with Crippen LogP contribution in [-0.4, -0.2) is 0 Å². The molecule has 0 saturated carbocycles. The van der Waals surface area contributed by atoms with Crippen molar-refractivity contribution in [2.24, 2.45) is 5.92 Å². The SMILES string of the molecule is CC1C=CC(c2ccc(N(c3ccc4c(ccc5ccc6ccccc6c54)c3)c3cccc4oc5ccccc5c34)cc2-c2ccccc2)=CC1. The van der Waals surface area contributed by atoms with E-state index < -0.39 is 0 Å². The maximum Gasteiger partial charge on any atom is 0.137 e. The molecule has 8 aromatic carbocycles. The number of rotatable bonds is 5. The van der Waals surface area contributed by atoms with Gasteiger partial charge in [-0.25, -0.2) is 0 Å². The molecule has 0 bridgehead atoms. The number of furan rings is 1. The summed E-state index contributed by atoms with van der Waals surface area (Å²) in [6, 6.07) is 57.2. The van der Waals surface area contributed by atoms with Crippen molar-refractivity contribution in [2.45, 2.75) is 13.3 Å². The second kappa shape index (κ2) is 11.9. The molecule has 1 aliphatic carbocycles. The number of allylic oxidation sites excluding steroid dienone is 4. The molecule has 0 spiro atoms. The smallest absolute Gasteiger partial charge is 0.137 e. The highest BCUT2D eigenvalue weighted by atomic mass is 16.3. The number of nitrogens with zero attached hydrogens (tertiary/aromatic N) is 1. The lowest BCUT2D eigenvalue weighted by molar-refractivity contribution is 0.669. The van der Waals surface area contributed by atoms with Crippen LogP contribution in [0.4, 0.5) is 17.1 Å². The fourth-order valence-corrected chi connectivity index (χ4v) is 8.04. The molecule has 1 atom stereocenters. The Morgan fingerprint density at radius 1 is 0.529 bits per heavy atom. The number of benzene rings is 8. The van der Waals surface area contributed by atoms with Crippen molar-refractivity contribution in [3.8, 4) is 11.1 Å². The molecule has 0 amide bonds. The van der Waals surface area contributed by atoms with Crippen LogP contribution in [0.25, 0.3) is 71.0 Å². The molecule has 1 heterocycles. The van der Waals surface area contributed by atoms with E-state index in [1.54, 1.807) is 0 Å². The Hall–Kier alpha value is -6.38. The first-order chi connectivity index (χ1) is 25.2. The topological polar surface area (TPSA) is 16.4 Å². The molecule has 1 aromatic heterocycles. The molecular weight excluding hydrogens is 619 g/mol. The van der Waals surface area contributed by atoms with Crippen molar-refractivity contribution < 1.29 is 4.42 Å². The molecule has 2 nitrogen and oxygen atoms in total. The highest BCUT2D eigenvalue weighted by molar-refractivity contribution is 6.21. The Labute approximate surface area is 297 Å². The average molecular weight is 654 g/mol. The summed E-state index contributed by atoms with van der Waals surface area (Å²) in [7, 11) is 0. The number of hydrogen-bond donors (Lipinski definition) is 0. The summed E-state index contributed by atoms with van der Waals surface area (Å²) in [4.78, 5) is 2.42. The van der Waals surface area contributed by atoms with Crippen LogP contribution < -0.4 is 4.90 Å². The molecule has 1 aliphatic rings. The van der Waals surface area contributed by atoms with Crippen LogP contribution >= 0.6 is 0 Å². The van der Waals surface area contributed by atoms with Gasteiger partial charge in [-0.3, -0.25) is 0 Å². The second-order valence-corrected chi connectivity index (χ2v) is 13.8. The van der Waals surface area contributed by atoms with Crippen molar-refractivity contribution in [2.75, 3.05) is 4.90 Å². The minimum atomic E-state index is 0.553. The third-order valence-electron chi connectivity index (χ3n) is 10.6. The van der Waals surface area contributed by atoms with Gasteiger partial charge in [0.05, 0.1) is 11.1 Å². The lowest BCUT2D eigenvalue weighted by Crippen LogP contribution is -2.11. The summed E-state index contributed by atoms with van der Waals surface area (Å²) < 4.78 is 6.43. The van der Waals surface area contributed by atoms with Crippen molar-refractivity contribution in [3.63, 3.8) is 0 Å². The highest BCUT2D eigenvalue weighted by Gasteiger charge is 2.22. The van der Waals surface area contributed by atoms with Crippen LogP contribution in [0.3, 0.4) is 0 Å². The maximum absolute atomic E-state index is 6.43. The van der Waals surface area contributed by atoms with Crippen LogP contribution in [-0.2, 0) is 0 Å². The van der Waals surface area contributed by atoms with Crippen LogP contribution in [0.1, 0.15) is 18.9 Å². The molecule has 10 rings (SSSR count). The zero-order chi connectivity index (χ0) is 33.9. The Morgan fingerprint density at radius 3 is 2.10 bits per heavy atom. The molecule has 51 heavy (non-hydrogen) atoms. The van der Waals surface area contributed by atoms with Gasteiger partial charge in [0.25, 0.3) is 0 Å². The van der Waals surface area contributed by atoms with E-state index in [4.69, 9.17) is 4.42 Å². The minimum Gasteiger partial charge on any atom is -0.456 e. The van der Waals surface area contributed by atoms with E-state index in [0.717, 1.165) is 45.4 Å². The molecule has 0 fully saturated rings. The third kappa shape index (κ3) is 4.94. The summed E-state index contributed by atoms with van der Waals surface area (Å²) in [5, 5.41) is 9.76. The normalized spacial score (nSPS) is 14.5. The van der Waals surface area contributed by atoms with Gasteiger partial charge in [-0.15, -0.1) is 0 Å². The van der Waals surface area contributed by atoms with Gasteiger partial charge in [0.1, 0.15) is 11.2 Å². The molecule has 2 heteroatoms. The van der Waals surface area contributed by atoms with E-state index in [0.29, 0.717) is 5.92 Å². The van der Waals surface area contributed by atoms with Gasteiger partial charge in [-0.2, -0.15) is 0 Å². The first kappa shape index (κ1) is 29.5. The molecule has 9 aromatic rings.